The first-order valence-electron chi connectivity index (χ1n) is 3.77. The van der Waals surface area contributed by atoms with Gasteiger partial charge in [-0.3, -0.25) is 0 Å². The number of phenolic OH excluding ortho intramolecular Hbond substituents is 1. The molecule has 12 heavy (non-hydrogen) atoms. The zero-order valence-electron chi connectivity index (χ0n) is 7.13. The number of hydrogen-bond donors (Lipinski definition) is 2. The Morgan fingerprint density at radius 3 is 2.50 bits per heavy atom. The Hall–Kier alpha value is -1.09. The van der Waals surface area contributed by atoms with Crippen molar-refractivity contribution in [3.05, 3.63) is 29.1 Å². The zero-order valence-corrected chi connectivity index (χ0v) is 7.13. The van der Waals surface area contributed by atoms with Crippen molar-refractivity contribution < 1.29 is 9.50 Å². The third-order valence-corrected chi connectivity index (χ3v) is 1.82. The second kappa shape index (κ2) is 3.11. The van der Waals surface area contributed by atoms with Crippen molar-refractivity contribution in [1.82, 2.24) is 0 Å². The summed E-state index contributed by atoms with van der Waals surface area (Å²) < 4.78 is 13.0. The summed E-state index contributed by atoms with van der Waals surface area (Å²) in [5.74, 6) is -0.488. The quantitative estimate of drug-likeness (QED) is 0.674. The van der Waals surface area contributed by atoms with E-state index in [4.69, 9.17) is 5.73 Å². The van der Waals surface area contributed by atoms with Gasteiger partial charge in [-0.15, -0.1) is 0 Å². The first-order chi connectivity index (χ1) is 5.54. The van der Waals surface area contributed by atoms with Gasteiger partial charge in [0.15, 0.2) is 0 Å². The summed E-state index contributed by atoms with van der Waals surface area (Å²) in [4.78, 5) is 0. The van der Waals surface area contributed by atoms with Crippen LogP contribution < -0.4 is 5.73 Å². The largest absolute Gasteiger partial charge is 0.507 e. The van der Waals surface area contributed by atoms with Crippen LogP contribution in [0.2, 0.25) is 0 Å². The van der Waals surface area contributed by atoms with Crippen LogP contribution in [0.1, 0.15) is 24.1 Å². The van der Waals surface area contributed by atoms with Crippen molar-refractivity contribution in [3.8, 4) is 5.75 Å². The van der Waals surface area contributed by atoms with Crippen LogP contribution >= 0.6 is 0 Å². The number of aromatic hydroxyl groups is 1. The summed E-state index contributed by atoms with van der Waals surface area (Å²) in [6, 6.07) is 2.36. The maximum atomic E-state index is 13.0. The van der Waals surface area contributed by atoms with Crippen LogP contribution in [0, 0.1) is 12.7 Å². The van der Waals surface area contributed by atoms with Crippen molar-refractivity contribution in [1.29, 1.82) is 0 Å². The van der Waals surface area contributed by atoms with Crippen molar-refractivity contribution in [3.63, 3.8) is 0 Å². The lowest BCUT2D eigenvalue weighted by atomic mass is 10.0. The van der Waals surface area contributed by atoms with E-state index < -0.39 is 11.9 Å². The molecule has 0 aliphatic heterocycles. The Bertz CT molecular complexity index is 297. The van der Waals surface area contributed by atoms with E-state index in [1.54, 1.807) is 13.8 Å². The molecule has 0 aliphatic rings. The van der Waals surface area contributed by atoms with Crippen LogP contribution in [0.4, 0.5) is 4.39 Å². The molecular weight excluding hydrogens is 157 g/mol. The summed E-state index contributed by atoms with van der Waals surface area (Å²) in [6.07, 6.45) is 0. The minimum atomic E-state index is -0.482. The Balaban J connectivity index is 3.33. The van der Waals surface area contributed by atoms with E-state index in [-0.39, 0.29) is 11.3 Å². The second-order valence-electron chi connectivity index (χ2n) is 2.92. The Kier molecular flexibility index (Phi) is 2.33. The molecule has 0 saturated carbocycles. The van der Waals surface area contributed by atoms with Gasteiger partial charge in [0.2, 0.25) is 0 Å². The van der Waals surface area contributed by atoms with Crippen molar-refractivity contribution in [2.75, 3.05) is 0 Å². The highest BCUT2D eigenvalue weighted by molar-refractivity contribution is 5.41. The van der Waals surface area contributed by atoms with E-state index in [1.165, 1.54) is 12.1 Å². The monoisotopic (exact) mass is 169 g/mol. The van der Waals surface area contributed by atoms with Gasteiger partial charge >= 0.3 is 0 Å². The SMILES string of the molecule is Cc1ccc(F)c(C(C)N)c1O. The zero-order chi connectivity index (χ0) is 9.30. The van der Waals surface area contributed by atoms with Gasteiger partial charge in [-0.2, -0.15) is 0 Å². The molecule has 0 bridgehead atoms. The first kappa shape index (κ1) is 9.00. The van der Waals surface area contributed by atoms with Crippen LogP contribution in [0.5, 0.6) is 5.75 Å². The first-order valence-corrected chi connectivity index (χ1v) is 3.77. The van der Waals surface area contributed by atoms with E-state index in [2.05, 4.69) is 0 Å². The van der Waals surface area contributed by atoms with Gasteiger partial charge in [0.25, 0.3) is 0 Å². The van der Waals surface area contributed by atoms with E-state index in [1.807, 2.05) is 0 Å². The maximum absolute atomic E-state index is 13.0. The molecule has 0 aromatic heterocycles. The molecule has 2 nitrogen and oxygen atoms in total. The van der Waals surface area contributed by atoms with Gasteiger partial charge in [-0.05, 0) is 25.5 Å². The summed E-state index contributed by atoms with van der Waals surface area (Å²) >= 11 is 0. The summed E-state index contributed by atoms with van der Waals surface area (Å²) in [5.41, 5.74) is 6.32. The minimum Gasteiger partial charge on any atom is -0.507 e. The standard InChI is InChI=1S/C9H12FNO/c1-5-3-4-7(10)8(6(2)11)9(5)12/h3-4,6,12H,11H2,1-2H3. The van der Waals surface area contributed by atoms with Crippen molar-refractivity contribution in [2.24, 2.45) is 5.73 Å². The number of phenols is 1. The smallest absolute Gasteiger partial charge is 0.131 e. The fourth-order valence-electron chi connectivity index (χ4n) is 1.13. The molecule has 0 aliphatic carbocycles. The minimum absolute atomic E-state index is 0.0370. The molecule has 1 aromatic rings. The topological polar surface area (TPSA) is 46.2 Å². The van der Waals surface area contributed by atoms with Crippen LogP contribution in [-0.2, 0) is 0 Å². The predicted molar refractivity (Wildman–Crippen MR) is 45.4 cm³/mol. The number of halogens is 1. The number of hydrogen-bond acceptors (Lipinski definition) is 2. The molecule has 0 heterocycles. The highest BCUT2D eigenvalue weighted by Gasteiger charge is 2.13. The highest BCUT2D eigenvalue weighted by Crippen LogP contribution is 2.28. The van der Waals surface area contributed by atoms with Gasteiger partial charge in [-0.25, -0.2) is 4.39 Å². The molecule has 1 unspecified atom stereocenters. The average molecular weight is 169 g/mol. The van der Waals surface area contributed by atoms with Crippen LogP contribution in [0.25, 0.3) is 0 Å². The number of aryl methyl sites for hydroxylation is 1. The predicted octanol–water partition coefficient (Wildman–Crippen LogP) is 1.86. The van der Waals surface area contributed by atoms with Crippen LogP contribution in [-0.4, -0.2) is 5.11 Å². The molecule has 1 aromatic carbocycles. The molecule has 1 atom stereocenters. The molecule has 0 fully saturated rings. The van der Waals surface area contributed by atoms with Gasteiger partial charge in [0.1, 0.15) is 11.6 Å². The van der Waals surface area contributed by atoms with Crippen molar-refractivity contribution >= 4 is 0 Å². The third-order valence-electron chi connectivity index (χ3n) is 1.82. The number of benzene rings is 1. The maximum Gasteiger partial charge on any atom is 0.131 e. The van der Waals surface area contributed by atoms with E-state index in [0.29, 0.717) is 5.56 Å². The van der Waals surface area contributed by atoms with E-state index >= 15 is 0 Å². The Morgan fingerprint density at radius 1 is 1.50 bits per heavy atom. The van der Waals surface area contributed by atoms with Gasteiger partial charge in [0.05, 0.1) is 0 Å². The molecule has 0 radical (unpaired) electrons. The molecule has 3 N–H and O–H groups in total. The lowest BCUT2D eigenvalue weighted by molar-refractivity contribution is 0.448. The third kappa shape index (κ3) is 1.41. The molecule has 1 rings (SSSR count). The normalized spacial score (nSPS) is 13.0. The fourth-order valence-corrected chi connectivity index (χ4v) is 1.13. The van der Waals surface area contributed by atoms with Gasteiger partial charge in [0, 0.05) is 11.6 Å². The van der Waals surface area contributed by atoms with E-state index in [0.717, 1.165) is 0 Å². The lowest BCUT2D eigenvalue weighted by Crippen LogP contribution is -2.08. The summed E-state index contributed by atoms with van der Waals surface area (Å²) in [5, 5.41) is 9.43. The summed E-state index contributed by atoms with van der Waals surface area (Å²) in [6.45, 7) is 3.35. The molecule has 0 amide bonds. The van der Waals surface area contributed by atoms with Gasteiger partial charge in [-0.1, -0.05) is 6.07 Å². The van der Waals surface area contributed by atoms with Crippen LogP contribution in [0.15, 0.2) is 12.1 Å². The molecule has 0 spiro atoms. The Morgan fingerprint density at radius 2 is 2.08 bits per heavy atom. The lowest BCUT2D eigenvalue weighted by Gasteiger charge is -2.11. The number of rotatable bonds is 1. The number of nitrogens with two attached hydrogens (primary N) is 1. The Labute approximate surface area is 70.8 Å². The molecule has 0 saturated heterocycles. The molecular formula is C9H12FNO. The van der Waals surface area contributed by atoms with Crippen molar-refractivity contribution in [2.45, 2.75) is 19.9 Å². The molecule has 3 heteroatoms. The molecule has 66 valence electrons. The highest BCUT2D eigenvalue weighted by atomic mass is 19.1. The van der Waals surface area contributed by atoms with Crippen LogP contribution in [0.3, 0.4) is 0 Å². The summed E-state index contributed by atoms with van der Waals surface area (Å²) in [7, 11) is 0. The van der Waals surface area contributed by atoms with E-state index in [9.17, 15) is 9.50 Å². The fraction of sp³-hybridized carbons (Fsp3) is 0.333. The van der Waals surface area contributed by atoms with Gasteiger partial charge < -0.3 is 10.8 Å². The second-order valence-corrected chi connectivity index (χ2v) is 2.92. The average Bonchev–Trinajstić information content (AvgIpc) is 1.97.